The van der Waals surface area contributed by atoms with Crippen LogP contribution in [0.2, 0.25) is 0 Å². The van der Waals surface area contributed by atoms with Crippen LogP contribution >= 0.6 is 0 Å². The van der Waals surface area contributed by atoms with E-state index >= 15 is 0 Å². The van der Waals surface area contributed by atoms with Gasteiger partial charge in [0.2, 0.25) is 0 Å². The fourth-order valence-corrected chi connectivity index (χ4v) is 2.74. The molecule has 1 aromatic carbocycles. The maximum absolute atomic E-state index is 11.2. The van der Waals surface area contributed by atoms with Gasteiger partial charge in [-0.1, -0.05) is 6.07 Å². The van der Waals surface area contributed by atoms with E-state index in [4.69, 9.17) is 4.74 Å². The average Bonchev–Trinajstić information content (AvgIpc) is 3.00. The highest BCUT2D eigenvalue weighted by atomic mass is 16.5. The van der Waals surface area contributed by atoms with Crippen LogP contribution in [0.1, 0.15) is 30.1 Å². The normalized spacial score (nSPS) is 19.6. The second-order valence-corrected chi connectivity index (χ2v) is 5.36. The third-order valence-electron chi connectivity index (χ3n) is 3.86. The standard InChI is InChI=1S/C16H18N2O3/c1-10(14-6-3-9-21-14)17-15-8-7-11-12(16(19)20)4-2-5-13(11)18-15/h2,4-5,7-8,10,14H,3,6,9H2,1H3,(H,17,18)(H,19,20). The monoisotopic (exact) mass is 286 g/mol. The van der Waals surface area contributed by atoms with Crippen molar-refractivity contribution in [2.24, 2.45) is 0 Å². The van der Waals surface area contributed by atoms with Crippen molar-refractivity contribution in [3.63, 3.8) is 0 Å². The van der Waals surface area contributed by atoms with Crippen LogP contribution in [0.15, 0.2) is 30.3 Å². The minimum atomic E-state index is -0.934. The van der Waals surface area contributed by atoms with Gasteiger partial charge in [-0.3, -0.25) is 0 Å². The summed E-state index contributed by atoms with van der Waals surface area (Å²) in [5.74, 6) is -0.191. The molecule has 1 aliphatic rings. The summed E-state index contributed by atoms with van der Waals surface area (Å²) in [4.78, 5) is 15.7. The van der Waals surface area contributed by atoms with Crippen molar-refractivity contribution in [2.75, 3.05) is 11.9 Å². The van der Waals surface area contributed by atoms with Crippen molar-refractivity contribution in [3.05, 3.63) is 35.9 Å². The van der Waals surface area contributed by atoms with E-state index in [1.165, 1.54) is 0 Å². The van der Waals surface area contributed by atoms with Crippen molar-refractivity contribution < 1.29 is 14.6 Å². The lowest BCUT2D eigenvalue weighted by Crippen LogP contribution is -2.30. The Balaban J connectivity index is 1.85. The summed E-state index contributed by atoms with van der Waals surface area (Å²) in [6, 6.07) is 8.93. The third-order valence-corrected chi connectivity index (χ3v) is 3.86. The van der Waals surface area contributed by atoms with Crippen LogP contribution < -0.4 is 5.32 Å². The van der Waals surface area contributed by atoms with Gasteiger partial charge in [-0.15, -0.1) is 0 Å². The van der Waals surface area contributed by atoms with Gasteiger partial charge >= 0.3 is 5.97 Å². The molecule has 1 saturated heterocycles. The maximum Gasteiger partial charge on any atom is 0.336 e. The fourth-order valence-electron chi connectivity index (χ4n) is 2.74. The molecule has 2 heterocycles. The number of ether oxygens (including phenoxy) is 1. The predicted octanol–water partition coefficient (Wildman–Crippen LogP) is 2.91. The lowest BCUT2D eigenvalue weighted by molar-refractivity contribution is 0.0699. The molecule has 2 unspecified atom stereocenters. The molecule has 0 saturated carbocycles. The molecule has 5 nitrogen and oxygen atoms in total. The van der Waals surface area contributed by atoms with E-state index in [0.717, 1.165) is 25.3 Å². The van der Waals surface area contributed by atoms with Gasteiger partial charge in [-0.2, -0.15) is 0 Å². The van der Waals surface area contributed by atoms with E-state index in [-0.39, 0.29) is 17.7 Å². The first-order valence-electron chi connectivity index (χ1n) is 7.16. The Kier molecular flexibility index (Phi) is 3.75. The molecule has 3 rings (SSSR count). The van der Waals surface area contributed by atoms with Gasteiger partial charge in [0.25, 0.3) is 0 Å². The quantitative estimate of drug-likeness (QED) is 0.904. The van der Waals surface area contributed by atoms with E-state index < -0.39 is 5.97 Å². The van der Waals surface area contributed by atoms with E-state index in [0.29, 0.717) is 10.9 Å². The highest BCUT2D eigenvalue weighted by Crippen LogP contribution is 2.22. The average molecular weight is 286 g/mol. The van der Waals surface area contributed by atoms with Crippen molar-refractivity contribution in [1.82, 2.24) is 4.98 Å². The zero-order chi connectivity index (χ0) is 14.8. The third kappa shape index (κ3) is 2.83. The molecule has 0 spiro atoms. The van der Waals surface area contributed by atoms with Gasteiger partial charge in [0, 0.05) is 12.0 Å². The first kappa shape index (κ1) is 13.8. The molecule has 0 radical (unpaired) electrons. The summed E-state index contributed by atoms with van der Waals surface area (Å²) in [7, 11) is 0. The van der Waals surface area contributed by atoms with Gasteiger partial charge in [-0.25, -0.2) is 9.78 Å². The number of carbonyl (C=O) groups is 1. The summed E-state index contributed by atoms with van der Waals surface area (Å²) in [5, 5.41) is 13.2. The Hall–Kier alpha value is -2.14. The van der Waals surface area contributed by atoms with Gasteiger partial charge in [0.1, 0.15) is 5.82 Å². The number of aromatic nitrogens is 1. The van der Waals surface area contributed by atoms with Crippen molar-refractivity contribution in [1.29, 1.82) is 0 Å². The Morgan fingerprint density at radius 2 is 2.29 bits per heavy atom. The smallest absolute Gasteiger partial charge is 0.336 e. The number of pyridine rings is 1. The number of nitrogens with one attached hydrogen (secondary N) is 1. The molecule has 2 atom stereocenters. The summed E-state index contributed by atoms with van der Waals surface area (Å²) < 4.78 is 5.66. The summed E-state index contributed by atoms with van der Waals surface area (Å²) in [6.45, 7) is 2.90. The number of hydrogen-bond acceptors (Lipinski definition) is 4. The Morgan fingerprint density at radius 3 is 3.00 bits per heavy atom. The van der Waals surface area contributed by atoms with Crippen molar-refractivity contribution in [2.45, 2.75) is 31.9 Å². The zero-order valence-electron chi connectivity index (χ0n) is 11.9. The number of hydrogen-bond donors (Lipinski definition) is 2. The van der Waals surface area contributed by atoms with E-state index in [9.17, 15) is 9.90 Å². The Labute approximate surface area is 123 Å². The largest absolute Gasteiger partial charge is 0.478 e. The molecule has 1 aliphatic heterocycles. The minimum absolute atomic E-state index is 0.181. The summed E-state index contributed by atoms with van der Waals surface area (Å²) in [5.41, 5.74) is 0.957. The number of aromatic carboxylic acids is 1. The molecule has 21 heavy (non-hydrogen) atoms. The SMILES string of the molecule is CC(Nc1ccc2c(C(=O)O)cccc2n1)C1CCCO1. The van der Waals surface area contributed by atoms with Crippen LogP contribution in [0.3, 0.4) is 0 Å². The zero-order valence-corrected chi connectivity index (χ0v) is 11.9. The summed E-state index contributed by atoms with van der Waals surface area (Å²) in [6.07, 6.45) is 2.38. The molecular formula is C16H18N2O3. The highest BCUT2D eigenvalue weighted by molar-refractivity contribution is 6.02. The topological polar surface area (TPSA) is 71.5 Å². The van der Waals surface area contributed by atoms with E-state index in [1.807, 2.05) is 12.1 Å². The van der Waals surface area contributed by atoms with Crippen molar-refractivity contribution in [3.8, 4) is 0 Å². The van der Waals surface area contributed by atoms with E-state index in [1.54, 1.807) is 18.2 Å². The van der Waals surface area contributed by atoms with Gasteiger partial charge in [0.15, 0.2) is 0 Å². The lowest BCUT2D eigenvalue weighted by atomic mass is 10.1. The number of anilines is 1. The number of benzene rings is 1. The molecule has 110 valence electrons. The fraction of sp³-hybridized carbons (Fsp3) is 0.375. The molecule has 2 N–H and O–H groups in total. The van der Waals surface area contributed by atoms with E-state index in [2.05, 4.69) is 17.2 Å². The molecule has 2 aromatic rings. The lowest BCUT2D eigenvalue weighted by Gasteiger charge is -2.20. The number of carboxylic acids is 1. The second kappa shape index (κ2) is 5.69. The Bertz CT molecular complexity index is 666. The van der Waals surface area contributed by atoms with Crippen LogP contribution in [0.25, 0.3) is 10.9 Å². The molecule has 5 heteroatoms. The molecule has 0 bridgehead atoms. The summed E-state index contributed by atoms with van der Waals surface area (Å²) >= 11 is 0. The van der Waals surface area contributed by atoms with Gasteiger partial charge in [-0.05, 0) is 44.0 Å². The van der Waals surface area contributed by atoms with Crippen LogP contribution in [0, 0.1) is 0 Å². The van der Waals surface area contributed by atoms with Crippen LogP contribution in [-0.4, -0.2) is 34.8 Å². The first-order chi connectivity index (χ1) is 10.1. The number of nitrogens with zero attached hydrogens (tertiary/aromatic N) is 1. The molecule has 1 aromatic heterocycles. The Morgan fingerprint density at radius 1 is 1.43 bits per heavy atom. The second-order valence-electron chi connectivity index (χ2n) is 5.36. The van der Waals surface area contributed by atoms with Crippen molar-refractivity contribution >= 4 is 22.7 Å². The van der Waals surface area contributed by atoms with Crippen LogP contribution in [0.4, 0.5) is 5.82 Å². The van der Waals surface area contributed by atoms with Gasteiger partial charge in [0.05, 0.1) is 23.2 Å². The van der Waals surface area contributed by atoms with Crippen LogP contribution in [0.5, 0.6) is 0 Å². The molecule has 0 amide bonds. The first-order valence-corrected chi connectivity index (χ1v) is 7.16. The van der Waals surface area contributed by atoms with Crippen LogP contribution in [-0.2, 0) is 4.74 Å². The minimum Gasteiger partial charge on any atom is -0.478 e. The number of rotatable bonds is 4. The molecule has 1 fully saturated rings. The highest BCUT2D eigenvalue weighted by Gasteiger charge is 2.22. The predicted molar refractivity (Wildman–Crippen MR) is 80.8 cm³/mol. The number of fused-ring (bicyclic) bond motifs is 1. The molecule has 0 aliphatic carbocycles. The molecular weight excluding hydrogens is 268 g/mol. The maximum atomic E-state index is 11.2. The van der Waals surface area contributed by atoms with Gasteiger partial charge < -0.3 is 15.2 Å². The number of carboxylic acid groups (broad SMARTS) is 1.